The molecule has 3 N–H and O–H groups in total. The van der Waals surface area contributed by atoms with Gasteiger partial charge in [0.2, 0.25) is 5.91 Å². The van der Waals surface area contributed by atoms with Gasteiger partial charge in [-0.3, -0.25) is 4.79 Å². The van der Waals surface area contributed by atoms with Crippen molar-refractivity contribution >= 4 is 11.6 Å². The zero-order valence-electron chi connectivity index (χ0n) is 11.3. The average Bonchev–Trinajstić information content (AvgIpc) is 2.40. The van der Waals surface area contributed by atoms with Crippen molar-refractivity contribution in [2.75, 3.05) is 5.32 Å². The van der Waals surface area contributed by atoms with E-state index in [9.17, 15) is 22.4 Å². The van der Waals surface area contributed by atoms with Crippen molar-refractivity contribution < 1.29 is 22.4 Å². The molecule has 1 aromatic rings. The highest BCUT2D eigenvalue weighted by Gasteiger charge is 2.36. The van der Waals surface area contributed by atoms with Crippen LogP contribution in [-0.2, 0) is 11.0 Å². The van der Waals surface area contributed by atoms with Crippen molar-refractivity contribution in [1.82, 2.24) is 0 Å². The lowest BCUT2D eigenvalue weighted by Crippen LogP contribution is -2.52. The first-order chi connectivity index (χ1) is 9.72. The summed E-state index contributed by atoms with van der Waals surface area (Å²) >= 11 is 0. The molecule has 0 radical (unpaired) electrons. The van der Waals surface area contributed by atoms with Gasteiger partial charge in [0.05, 0.1) is 16.8 Å². The molecule has 1 aromatic carbocycles. The average molecular weight is 304 g/mol. The third-order valence-electron chi connectivity index (χ3n) is 3.74. The van der Waals surface area contributed by atoms with Crippen LogP contribution in [0.15, 0.2) is 18.2 Å². The molecule has 7 heteroatoms. The third kappa shape index (κ3) is 3.53. The topological polar surface area (TPSA) is 55.1 Å². The van der Waals surface area contributed by atoms with Crippen molar-refractivity contribution in [3.05, 3.63) is 29.6 Å². The maximum absolute atomic E-state index is 13.6. The maximum atomic E-state index is 13.6. The molecule has 1 fully saturated rings. The third-order valence-corrected chi connectivity index (χ3v) is 3.74. The van der Waals surface area contributed by atoms with E-state index in [4.69, 9.17) is 5.73 Å². The molecule has 0 spiro atoms. The summed E-state index contributed by atoms with van der Waals surface area (Å²) in [5, 5.41) is 2.19. The number of rotatable bonds is 2. The minimum atomic E-state index is -4.60. The fourth-order valence-corrected chi connectivity index (χ4v) is 2.45. The normalized spacial score (nSPS) is 18.3. The minimum absolute atomic E-state index is 0.444. The fourth-order valence-electron chi connectivity index (χ4n) is 2.45. The Morgan fingerprint density at radius 3 is 2.38 bits per heavy atom. The van der Waals surface area contributed by atoms with Crippen LogP contribution in [0.5, 0.6) is 0 Å². The Kier molecular flexibility index (Phi) is 4.22. The first-order valence-electron chi connectivity index (χ1n) is 6.69. The molecule has 0 heterocycles. The molecule has 1 aliphatic carbocycles. The standard InChI is InChI=1S/C14H16F4N2O/c15-10-5-4-9(14(16,17)18)8-11(10)20-12(21)13(19)6-2-1-3-7-13/h4-5,8H,1-3,6-7,19H2,(H,20,21). The molecule has 0 aromatic heterocycles. The molecule has 1 aliphatic rings. The van der Waals surface area contributed by atoms with E-state index < -0.39 is 34.7 Å². The quantitative estimate of drug-likeness (QED) is 0.822. The number of carbonyl (C=O) groups is 1. The van der Waals surface area contributed by atoms with Crippen LogP contribution in [0, 0.1) is 5.82 Å². The van der Waals surface area contributed by atoms with E-state index in [2.05, 4.69) is 5.32 Å². The summed E-state index contributed by atoms with van der Waals surface area (Å²) in [4.78, 5) is 12.1. The number of anilines is 1. The number of halogens is 4. The molecule has 0 atom stereocenters. The number of nitrogens with two attached hydrogens (primary N) is 1. The summed E-state index contributed by atoms with van der Waals surface area (Å²) in [6, 6.07) is 1.89. The lowest BCUT2D eigenvalue weighted by molar-refractivity contribution is -0.137. The van der Waals surface area contributed by atoms with Gasteiger partial charge >= 0.3 is 6.18 Å². The van der Waals surface area contributed by atoms with E-state index in [1.54, 1.807) is 0 Å². The van der Waals surface area contributed by atoms with Crippen LogP contribution in [0.1, 0.15) is 37.7 Å². The lowest BCUT2D eigenvalue weighted by Gasteiger charge is -2.31. The molecule has 0 saturated heterocycles. The van der Waals surface area contributed by atoms with Gasteiger partial charge in [-0.1, -0.05) is 19.3 Å². The Morgan fingerprint density at radius 2 is 1.81 bits per heavy atom. The molecule has 0 unspecified atom stereocenters. The van der Waals surface area contributed by atoms with E-state index in [-0.39, 0.29) is 0 Å². The van der Waals surface area contributed by atoms with E-state index in [1.807, 2.05) is 0 Å². The van der Waals surface area contributed by atoms with Gasteiger partial charge in [-0.2, -0.15) is 13.2 Å². The Labute approximate surface area is 119 Å². The predicted octanol–water partition coefficient (Wildman–Crippen LogP) is 3.44. The van der Waals surface area contributed by atoms with Crippen LogP contribution in [-0.4, -0.2) is 11.4 Å². The summed E-state index contributed by atoms with van der Waals surface area (Å²) in [7, 11) is 0. The van der Waals surface area contributed by atoms with Crippen LogP contribution < -0.4 is 11.1 Å². The highest BCUT2D eigenvalue weighted by atomic mass is 19.4. The summed E-state index contributed by atoms with van der Waals surface area (Å²) in [6.07, 6.45) is -1.20. The Balaban J connectivity index is 2.20. The Morgan fingerprint density at radius 1 is 1.19 bits per heavy atom. The van der Waals surface area contributed by atoms with E-state index in [1.165, 1.54) is 0 Å². The fraction of sp³-hybridized carbons (Fsp3) is 0.500. The van der Waals surface area contributed by atoms with Gasteiger partial charge in [0.25, 0.3) is 0 Å². The molecule has 21 heavy (non-hydrogen) atoms. The molecule has 116 valence electrons. The Hall–Kier alpha value is -1.63. The lowest BCUT2D eigenvalue weighted by atomic mass is 9.82. The maximum Gasteiger partial charge on any atom is 0.416 e. The van der Waals surface area contributed by atoms with Crippen LogP contribution in [0.3, 0.4) is 0 Å². The largest absolute Gasteiger partial charge is 0.416 e. The van der Waals surface area contributed by atoms with E-state index in [0.717, 1.165) is 19.3 Å². The molecule has 1 amide bonds. The molecule has 0 bridgehead atoms. The highest BCUT2D eigenvalue weighted by Crippen LogP contribution is 2.33. The van der Waals surface area contributed by atoms with Crippen molar-refractivity contribution in [1.29, 1.82) is 0 Å². The molecule has 2 rings (SSSR count). The predicted molar refractivity (Wildman–Crippen MR) is 70.0 cm³/mol. The van der Waals surface area contributed by atoms with Gasteiger partial charge in [-0.25, -0.2) is 4.39 Å². The summed E-state index contributed by atoms with van der Waals surface area (Å²) in [5.74, 6) is -1.56. The zero-order chi connectivity index (χ0) is 15.7. The number of benzene rings is 1. The summed E-state index contributed by atoms with van der Waals surface area (Å²) < 4.78 is 51.4. The number of nitrogens with one attached hydrogen (secondary N) is 1. The first kappa shape index (κ1) is 15.8. The van der Waals surface area contributed by atoms with E-state index in [0.29, 0.717) is 31.0 Å². The second kappa shape index (κ2) is 5.63. The molecule has 3 nitrogen and oxygen atoms in total. The smallest absolute Gasteiger partial charge is 0.322 e. The summed E-state index contributed by atoms with van der Waals surface area (Å²) in [5.41, 5.74) is 3.31. The van der Waals surface area contributed by atoms with Crippen LogP contribution >= 0.6 is 0 Å². The van der Waals surface area contributed by atoms with Gasteiger partial charge in [-0.15, -0.1) is 0 Å². The summed E-state index contributed by atoms with van der Waals surface area (Å²) in [6.45, 7) is 0. The second-order valence-electron chi connectivity index (χ2n) is 5.36. The molecular formula is C14H16F4N2O. The number of carbonyl (C=O) groups excluding carboxylic acids is 1. The highest BCUT2D eigenvalue weighted by molar-refractivity contribution is 5.98. The van der Waals surface area contributed by atoms with Crippen LogP contribution in [0.2, 0.25) is 0 Å². The second-order valence-corrected chi connectivity index (χ2v) is 5.36. The number of alkyl halides is 3. The molecular weight excluding hydrogens is 288 g/mol. The van der Waals surface area contributed by atoms with Crippen LogP contribution in [0.25, 0.3) is 0 Å². The van der Waals surface area contributed by atoms with Crippen molar-refractivity contribution in [3.8, 4) is 0 Å². The van der Waals surface area contributed by atoms with Crippen LogP contribution in [0.4, 0.5) is 23.2 Å². The minimum Gasteiger partial charge on any atom is -0.322 e. The van der Waals surface area contributed by atoms with Crippen molar-refractivity contribution in [2.45, 2.75) is 43.8 Å². The van der Waals surface area contributed by atoms with Crippen molar-refractivity contribution in [3.63, 3.8) is 0 Å². The van der Waals surface area contributed by atoms with E-state index >= 15 is 0 Å². The monoisotopic (exact) mass is 304 g/mol. The zero-order valence-corrected chi connectivity index (χ0v) is 11.3. The Bertz CT molecular complexity index is 536. The van der Waals surface area contributed by atoms with Gasteiger partial charge in [-0.05, 0) is 31.0 Å². The van der Waals surface area contributed by atoms with Gasteiger partial charge in [0.15, 0.2) is 0 Å². The van der Waals surface area contributed by atoms with Gasteiger partial charge in [0, 0.05) is 0 Å². The number of hydrogen-bond acceptors (Lipinski definition) is 2. The molecule has 0 aliphatic heterocycles. The van der Waals surface area contributed by atoms with Gasteiger partial charge in [0.1, 0.15) is 5.82 Å². The van der Waals surface area contributed by atoms with Gasteiger partial charge < -0.3 is 11.1 Å². The molecule has 1 saturated carbocycles. The van der Waals surface area contributed by atoms with Crippen molar-refractivity contribution in [2.24, 2.45) is 5.73 Å². The number of amides is 1. The number of hydrogen-bond donors (Lipinski definition) is 2. The first-order valence-corrected chi connectivity index (χ1v) is 6.69. The SMILES string of the molecule is NC1(C(=O)Nc2cc(C(F)(F)F)ccc2F)CCCCC1.